The lowest BCUT2D eigenvalue weighted by molar-refractivity contribution is 0.414. The highest BCUT2D eigenvalue weighted by Gasteiger charge is 2.11. The van der Waals surface area contributed by atoms with Gasteiger partial charge in [-0.1, -0.05) is 34.7 Å². The fourth-order valence-electron chi connectivity index (χ4n) is 2.44. The van der Waals surface area contributed by atoms with E-state index in [2.05, 4.69) is 27.4 Å². The van der Waals surface area contributed by atoms with Crippen molar-refractivity contribution in [2.24, 2.45) is 0 Å². The van der Waals surface area contributed by atoms with Crippen molar-refractivity contribution in [3.8, 4) is 22.9 Å². The monoisotopic (exact) mass is 379 g/mol. The molecule has 0 radical (unpaired) electrons. The van der Waals surface area contributed by atoms with Crippen molar-refractivity contribution >= 4 is 11.8 Å². The van der Waals surface area contributed by atoms with Crippen LogP contribution in [0.4, 0.5) is 0 Å². The summed E-state index contributed by atoms with van der Waals surface area (Å²) in [7, 11) is 1.63. The van der Waals surface area contributed by atoms with Crippen LogP contribution in [-0.2, 0) is 5.75 Å². The topological polar surface area (TPSA) is 78.9 Å². The SMILES string of the molecule is COc1ccc(-c2nnc(SCc3cn(-c4ccc(C)cc4)nn3)o2)cc1. The lowest BCUT2D eigenvalue weighted by Gasteiger charge is -1.99. The molecule has 0 spiro atoms. The van der Waals surface area contributed by atoms with Gasteiger partial charge in [-0.2, -0.15) is 0 Å². The summed E-state index contributed by atoms with van der Waals surface area (Å²) in [6, 6.07) is 15.6. The van der Waals surface area contributed by atoms with Gasteiger partial charge in [0.2, 0.25) is 5.89 Å². The highest BCUT2D eigenvalue weighted by molar-refractivity contribution is 7.98. The third kappa shape index (κ3) is 4.01. The van der Waals surface area contributed by atoms with Gasteiger partial charge in [0.05, 0.1) is 24.7 Å². The van der Waals surface area contributed by atoms with E-state index >= 15 is 0 Å². The number of ether oxygens (including phenoxy) is 1. The van der Waals surface area contributed by atoms with E-state index in [1.54, 1.807) is 11.8 Å². The Labute approximate surface area is 160 Å². The molecule has 0 N–H and O–H groups in total. The van der Waals surface area contributed by atoms with E-state index in [4.69, 9.17) is 9.15 Å². The van der Waals surface area contributed by atoms with Crippen LogP contribution in [-0.4, -0.2) is 32.3 Å². The third-order valence-corrected chi connectivity index (χ3v) is 4.78. The lowest BCUT2D eigenvalue weighted by atomic mass is 10.2. The average molecular weight is 379 g/mol. The summed E-state index contributed by atoms with van der Waals surface area (Å²) in [5.41, 5.74) is 3.87. The van der Waals surface area contributed by atoms with E-state index in [0.717, 1.165) is 22.7 Å². The molecule has 0 amide bonds. The highest BCUT2D eigenvalue weighted by Crippen LogP contribution is 2.26. The molecule has 4 rings (SSSR count). The molecule has 27 heavy (non-hydrogen) atoms. The van der Waals surface area contributed by atoms with Gasteiger partial charge >= 0.3 is 0 Å². The molecule has 0 atom stereocenters. The molecular weight excluding hydrogens is 362 g/mol. The summed E-state index contributed by atoms with van der Waals surface area (Å²) in [4.78, 5) is 0. The number of aromatic nitrogens is 5. The summed E-state index contributed by atoms with van der Waals surface area (Å²) >= 11 is 1.43. The Morgan fingerprint density at radius 3 is 2.52 bits per heavy atom. The van der Waals surface area contributed by atoms with Crippen LogP contribution in [0.2, 0.25) is 0 Å². The van der Waals surface area contributed by atoms with Crippen molar-refractivity contribution in [1.29, 1.82) is 0 Å². The molecule has 0 saturated carbocycles. The fraction of sp³-hybridized carbons (Fsp3) is 0.158. The molecule has 2 heterocycles. The molecular formula is C19H17N5O2S. The highest BCUT2D eigenvalue weighted by atomic mass is 32.2. The number of thioether (sulfide) groups is 1. The van der Waals surface area contributed by atoms with Crippen LogP contribution >= 0.6 is 11.8 Å². The molecule has 2 aromatic heterocycles. The van der Waals surface area contributed by atoms with Gasteiger partial charge in [0.15, 0.2) is 0 Å². The van der Waals surface area contributed by atoms with Gasteiger partial charge in [0, 0.05) is 11.3 Å². The molecule has 0 aliphatic rings. The largest absolute Gasteiger partial charge is 0.497 e. The Bertz CT molecular complexity index is 1020. The number of methoxy groups -OCH3 is 1. The maximum atomic E-state index is 5.71. The molecule has 8 heteroatoms. The summed E-state index contributed by atoms with van der Waals surface area (Å²) in [5, 5.41) is 17.0. The first kappa shape index (κ1) is 17.3. The second-order valence-electron chi connectivity index (χ2n) is 5.88. The second kappa shape index (κ2) is 7.63. The molecule has 7 nitrogen and oxygen atoms in total. The first-order valence-electron chi connectivity index (χ1n) is 8.30. The van der Waals surface area contributed by atoms with Gasteiger partial charge in [-0.3, -0.25) is 0 Å². The molecule has 136 valence electrons. The molecule has 0 aliphatic heterocycles. The number of hydrogen-bond acceptors (Lipinski definition) is 7. The normalized spacial score (nSPS) is 10.9. The zero-order valence-electron chi connectivity index (χ0n) is 14.9. The van der Waals surface area contributed by atoms with Gasteiger partial charge in [0.25, 0.3) is 5.22 Å². The minimum absolute atomic E-state index is 0.475. The predicted molar refractivity (Wildman–Crippen MR) is 102 cm³/mol. The Morgan fingerprint density at radius 2 is 1.78 bits per heavy atom. The smallest absolute Gasteiger partial charge is 0.277 e. The quantitative estimate of drug-likeness (QED) is 0.470. The van der Waals surface area contributed by atoms with E-state index in [9.17, 15) is 0 Å². The molecule has 0 aliphatic carbocycles. The van der Waals surface area contributed by atoms with E-state index in [1.807, 2.05) is 54.7 Å². The lowest BCUT2D eigenvalue weighted by Crippen LogP contribution is -1.94. The van der Waals surface area contributed by atoms with Crippen LogP contribution in [0.5, 0.6) is 5.75 Å². The Balaban J connectivity index is 1.40. The zero-order valence-corrected chi connectivity index (χ0v) is 15.7. The van der Waals surface area contributed by atoms with Crippen molar-refractivity contribution < 1.29 is 9.15 Å². The van der Waals surface area contributed by atoms with Crippen LogP contribution in [0, 0.1) is 6.92 Å². The van der Waals surface area contributed by atoms with Gasteiger partial charge in [-0.25, -0.2) is 4.68 Å². The van der Waals surface area contributed by atoms with Crippen LogP contribution < -0.4 is 4.74 Å². The fourth-order valence-corrected chi connectivity index (χ4v) is 3.08. The maximum absolute atomic E-state index is 5.71. The van der Waals surface area contributed by atoms with Crippen molar-refractivity contribution in [2.75, 3.05) is 7.11 Å². The second-order valence-corrected chi connectivity index (χ2v) is 6.81. The molecule has 0 bridgehead atoms. The summed E-state index contributed by atoms with van der Waals surface area (Å²) in [6.45, 7) is 2.05. The van der Waals surface area contributed by atoms with Crippen LogP contribution in [0.25, 0.3) is 17.1 Å². The Morgan fingerprint density at radius 1 is 1.00 bits per heavy atom. The van der Waals surface area contributed by atoms with Crippen LogP contribution in [0.1, 0.15) is 11.3 Å². The first-order chi connectivity index (χ1) is 13.2. The molecule has 0 fully saturated rings. The first-order valence-corrected chi connectivity index (χ1v) is 9.29. The summed E-state index contributed by atoms with van der Waals surface area (Å²) in [6.07, 6.45) is 1.90. The maximum Gasteiger partial charge on any atom is 0.277 e. The number of hydrogen-bond donors (Lipinski definition) is 0. The van der Waals surface area contributed by atoms with Gasteiger partial charge < -0.3 is 9.15 Å². The van der Waals surface area contributed by atoms with Crippen LogP contribution in [0.3, 0.4) is 0 Å². The van der Waals surface area contributed by atoms with E-state index in [0.29, 0.717) is 16.9 Å². The molecule has 4 aromatic rings. The van der Waals surface area contributed by atoms with Crippen molar-refractivity contribution in [3.63, 3.8) is 0 Å². The van der Waals surface area contributed by atoms with Crippen molar-refractivity contribution in [2.45, 2.75) is 17.9 Å². The van der Waals surface area contributed by atoms with E-state index in [1.165, 1.54) is 17.3 Å². The Kier molecular flexibility index (Phi) is 4.88. The van der Waals surface area contributed by atoms with E-state index < -0.39 is 0 Å². The van der Waals surface area contributed by atoms with Crippen molar-refractivity contribution in [3.05, 3.63) is 66.0 Å². The molecule has 0 unspecified atom stereocenters. The number of benzene rings is 2. The minimum atomic E-state index is 0.475. The van der Waals surface area contributed by atoms with Gasteiger partial charge in [0.1, 0.15) is 5.75 Å². The van der Waals surface area contributed by atoms with Crippen molar-refractivity contribution in [1.82, 2.24) is 25.2 Å². The minimum Gasteiger partial charge on any atom is -0.497 e. The standard InChI is InChI=1S/C19H17N5O2S/c1-13-3-7-16(8-4-13)24-11-15(20-23-24)12-27-19-22-21-18(26-19)14-5-9-17(25-2)10-6-14/h3-11H,12H2,1-2H3. The van der Waals surface area contributed by atoms with E-state index in [-0.39, 0.29) is 0 Å². The van der Waals surface area contributed by atoms with Gasteiger partial charge in [-0.05, 0) is 43.3 Å². The zero-order chi connectivity index (χ0) is 18.6. The van der Waals surface area contributed by atoms with Crippen LogP contribution in [0.15, 0.2) is 64.4 Å². The molecule has 0 saturated heterocycles. The third-order valence-electron chi connectivity index (χ3n) is 3.93. The summed E-state index contributed by atoms with van der Waals surface area (Å²) in [5.74, 6) is 1.85. The average Bonchev–Trinajstić information content (AvgIpc) is 3.37. The number of rotatable bonds is 6. The number of nitrogens with zero attached hydrogens (tertiary/aromatic N) is 5. The van der Waals surface area contributed by atoms with Gasteiger partial charge in [-0.15, -0.1) is 15.3 Å². The Hall–Kier alpha value is -3.13. The predicted octanol–water partition coefficient (Wildman–Crippen LogP) is 3.93. The number of aryl methyl sites for hydroxylation is 1. The molecule has 2 aromatic carbocycles. The summed E-state index contributed by atoms with van der Waals surface area (Å²) < 4.78 is 12.6.